The number of piperidine rings is 1. The Hall–Kier alpha value is -3.39. The third-order valence-electron chi connectivity index (χ3n) is 6.36. The van der Waals surface area contributed by atoms with E-state index < -0.39 is 5.97 Å². The number of benzene rings is 3. The van der Waals surface area contributed by atoms with Crippen LogP contribution in [0.1, 0.15) is 24.8 Å². The monoisotopic (exact) mass is 539 g/mol. The molecular formula is C28H27Cl2N3O4. The number of halogens is 2. The zero-order valence-corrected chi connectivity index (χ0v) is 21.6. The number of carbonyl (C=O) groups is 1. The van der Waals surface area contributed by atoms with Crippen molar-refractivity contribution in [3.05, 3.63) is 83.4 Å². The van der Waals surface area contributed by atoms with Crippen LogP contribution in [-0.2, 0) is 11.3 Å². The molecule has 0 unspecified atom stereocenters. The van der Waals surface area contributed by atoms with E-state index in [9.17, 15) is 4.79 Å². The van der Waals surface area contributed by atoms with Gasteiger partial charge >= 0.3 is 5.97 Å². The van der Waals surface area contributed by atoms with Gasteiger partial charge in [0.25, 0.3) is 5.89 Å². The van der Waals surface area contributed by atoms with Gasteiger partial charge in [0.15, 0.2) is 0 Å². The summed E-state index contributed by atoms with van der Waals surface area (Å²) in [7, 11) is 0. The quantitative estimate of drug-likeness (QED) is 0.259. The lowest BCUT2D eigenvalue weighted by Gasteiger charge is -2.31. The minimum Gasteiger partial charge on any atom is -0.481 e. The SMILES string of the molecule is Cl.O=C(O)CC1CCN(Cc2ccc(-c3noc(-c4ccc(Oc5ccccc5)cc4)n3)c(Cl)c2)CC1. The summed E-state index contributed by atoms with van der Waals surface area (Å²) in [6.07, 6.45) is 2.07. The fraction of sp³-hybridized carbons (Fsp3) is 0.250. The van der Waals surface area contributed by atoms with Gasteiger partial charge in [0.1, 0.15) is 11.5 Å². The van der Waals surface area contributed by atoms with Gasteiger partial charge in [0, 0.05) is 24.1 Å². The van der Waals surface area contributed by atoms with E-state index >= 15 is 0 Å². The first-order valence-corrected chi connectivity index (χ1v) is 12.3. The van der Waals surface area contributed by atoms with Gasteiger partial charge in [-0.15, -0.1) is 12.4 Å². The molecule has 0 amide bonds. The van der Waals surface area contributed by atoms with Crippen molar-refractivity contribution in [3.8, 4) is 34.3 Å². The molecule has 4 aromatic rings. The molecule has 0 radical (unpaired) electrons. The van der Waals surface area contributed by atoms with E-state index in [1.165, 1.54) is 0 Å². The third kappa shape index (κ3) is 6.89. The highest BCUT2D eigenvalue weighted by Gasteiger charge is 2.22. The van der Waals surface area contributed by atoms with Gasteiger partial charge < -0.3 is 14.4 Å². The normalized spacial score (nSPS) is 14.2. The molecule has 1 aromatic heterocycles. The van der Waals surface area contributed by atoms with Crippen LogP contribution in [0.3, 0.4) is 0 Å². The highest BCUT2D eigenvalue weighted by Crippen LogP contribution is 2.31. The van der Waals surface area contributed by atoms with E-state index in [0.717, 1.165) is 55.1 Å². The first-order chi connectivity index (χ1) is 17.5. The number of rotatable bonds is 8. The lowest BCUT2D eigenvalue weighted by molar-refractivity contribution is -0.138. The molecule has 1 saturated heterocycles. The lowest BCUT2D eigenvalue weighted by atomic mass is 9.93. The van der Waals surface area contributed by atoms with E-state index in [1.54, 1.807) is 0 Å². The van der Waals surface area contributed by atoms with Crippen molar-refractivity contribution < 1.29 is 19.2 Å². The number of aliphatic carboxylic acids is 1. The lowest BCUT2D eigenvalue weighted by Crippen LogP contribution is -2.33. The summed E-state index contributed by atoms with van der Waals surface area (Å²) in [5.74, 6) is 1.88. The fourth-order valence-corrected chi connectivity index (χ4v) is 4.72. The Morgan fingerprint density at radius 3 is 2.41 bits per heavy atom. The average molecular weight is 540 g/mol. The van der Waals surface area contributed by atoms with Gasteiger partial charge in [-0.25, -0.2) is 0 Å². The molecule has 0 saturated carbocycles. The molecule has 0 spiro atoms. The average Bonchev–Trinajstić information content (AvgIpc) is 3.36. The van der Waals surface area contributed by atoms with Gasteiger partial charge in [0.2, 0.25) is 5.82 Å². The summed E-state index contributed by atoms with van der Waals surface area (Å²) in [6, 6.07) is 22.9. The number of likely N-dealkylation sites (tertiary alicyclic amines) is 1. The molecule has 1 N–H and O–H groups in total. The van der Waals surface area contributed by atoms with Crippen molar-refractivity contribution >= 4 is 30.0 Å². The molecule has 1 aliphatic rings. The van der Waals surface area contributed by atoms with Crippen LogP contribution in [0.4, 0.5) is 0 Å². The molecule has 5 rings (SSSR count). The Morgan fingerprint density at radius 1 is 1.03 bits per heavy atom. The number of ether oxygens (including phenoxy) is 1. The topological polar surface area (TPSA) is 88.7 Å². The number of hydrogen-bond acceptors (Lipinski definition) is 6. The van der Waals surface area contributed by atoms with Gasteiger partial charge in [-0.1, -0.05) is 41.0 Å². The Balaban J connectivity index is 0.00000320. The van der Waals surface area contributed by atoms with Crippen LogP contribution in [0, 0.1) is 5.92 Å². The first kappa shape index (κ1) is 26.7. The minimum atomic E-state index is -0.713. The van der Waals surface area contributed by atoms with E-state index in [0.29, 0.717) is 22.3 Å². The molecule has 37 heavy (non-hydrogen) atoms. The van der Waals surface area contributed by atoms with Crippen LogP contribution >= 0.6 is 24.0 Å². The molecule has 0 aliphatic carbocycles. The Morgan fingerprint density at radius 2 is 1.73 bits per heavy atom. The van der Waals surface area contributed by atoms with Gasteiger partial charge in [-0.05, 0) is 85.9 Å². The highest BCUT2D eigenvalue weighted by atomic mass is 35.5. The Labute approximate surface area is 226 Å². The zero-order valence-electron chi connectivity index (χ0n) is 20.0. The minimum absolute atomic E-state index is 0. The largest absolute Gasteiger partial charge is 0.481 e. The molecule has 1 fully saturated rings. The summed E-state index contributed by atoms with van der Waals surface area (Å²) in [5, 5.41) is 13.7. The number of para-hydroxylation sites is 1. The second-order valence-corrected chi connectivity index (χ2v) is 9.40. The van der Waals surface area contributed by atoms with Gasteiger partial charge in [-0.2, -0.15) is 4.98 Å². The van der Waals surface area contributed by atoms with Gasteiger partial charge in [0.05, 0.1) is 5.02 Å². The summed E-state index contributed by atoms with van der Waals surface area (Å²) >= 11 is 6.59. The van der Waals surface area contributed by atoms with Gasteiger partial charge in [-0.3, -0.25) is 9.69 Å². The van der Waals surface area contributed by atoms with Crippen LogP contribution in [0.2, 0.25) is 5.02 Å². The zero-order chi connectivity index (χ0) is 24.9. The molecule has 0 bridgehead atoms. The maximum Gasteiger partial charge on any atom is 0.303 e. The summed E-state index contributed by atoms with van der Waals surface area (Å²) in [5.41, 5.74) is 2.59. The van der Waals surface area contributed by atoms with Crippen molar-refractivity contribution in [2.24, 2.45) is 5.92 Å². The van der Waals surface area contributed by atoms with E-state index in [1.807, 2.05) is 72.8 Å². The summed E-state index contributed by atoms with van der Waals surface area (Å²) in [4.78, 5) is 17.8. The molecule has 3 aromatic carbocycles. The van der Waals surface area contributed by atoms with Crippen molar-refractivity contribution in [3.63, 3.8) is 0 Å². The predicted molar refractivity (Wildman–Crippen MR) is 144 cm³/mol. The smallest absolute Gasteiger partial charge is 0.303 e. The summed E-state index contributed by atoms with van der Waals surface area (Å²) < 4.78 is 11.3. The third-order valence-corrected chi connectivity index (χ3v) is 6.67. The molecule has 2 heterocycles. The number of nitrogens with zero attached hydrogens (tertiary/aromatic N) is 3. The van der Waals surface area contributed by atoms with Crippen molar-refractivity contribution in [1.82, 2.24) is 15.0 Å². The van der Waals surface area contributed by atoms with Crippen LogP contribution < -0.4 is 4.74 Å². The van der Waals surface area contributed by atoms with Crippen LogP contribution in [-0.4, -0.2) is 39.2 Å². The van der Waals surface area contributed by atoms with Crippen molar-refractivity contribution in [2.75, 3.05) is 13.1 Å². The predicted octanol–water partition coefficient (Wildman–Crippen LogP) is 6.96. The second kappa shape index (κ2) is 12.2. The van der Waals surface area contributed by atoms with Crippen LogP contribution in [0.5, 0.6) is 11.5 Å². The summed E-state index contributed by atoms with van der Waals surface area (Å²) in [6.45, 7) is 2.55. The number of carboxylic acids is 1. The molecular weight excluding hydrogens is 513 g/mol. The molecule has 192 valence electrons. The molecule has 1 aliphatic heterocycles. The highest BCUT2D eigenvalue weighted by molar-refractivity contribution is 6.33. The fourth-order valence-electron chi connectivity index (χ4n) is 4.43. The van der Waals surface area contributed by atoms with Crippen molar-refractivity contribution in [2.45, 2.75) is 25.8 Å². The maximum absolute atomic E-state index is 10.9. The number of aromatic nitrogens is 2. The molecule has 0 atom stereocenters. The maximum atomic E-state index is 10.9. The second-order valence-electron chi connectivity index (χ2n) is 8.99. The standard InChI is InChI=1S/C28H26ClN3O4.ClH/c29-25-16-20(18-32-14-12-19(13-15-32)17-26(33)34)6-11-24(25)27-30-28(36-31-27)21-7-9-23(10-8-21)35-22-4-2-1-3-5-22;/h1-11,16,19H,12-15,17-18H2,(H,33,34);1H. The number of hydrogen-bond donors (Lipinski definition) is 1. The van der Waals surface area contributed by atoms with E-state index in [4.69, 9.17) is 26.0 Å². The first-order valence-electron chi connectivity index (χ1n) is 11.9. The van der Waals surface area contributed by atoms with E-state index in [2.05, 4.69) is 15.0 Å². The molecule has 9 heteroatoms. The number of carboxylic acid groups (broad SMARTS) is 1. The Kier molecular flexibility index (Phi) is 8.82. The Bertz CT molecular complexity index is 1320. The van der Waals surface area contributed by atoms with E-state index in [-0.39, 0.29) is 24.7 Å². The van der Waals surface area contributed by atoms with Crippen LogP contribution in [0.25, 0.3) is 22.8 Å². The van der Waals surface area contributed by atoms with Crippen LogP contribution in [0.15, 0.2) is 77.3 Å². The molecule has 7 nitrogen and oxygen atoms in total. The van der Waals surface area contributed by atoms with Crippen molar-refractivity contribution in [1.29, 1.82) is 0 Å².